The molecule has 0 radical (unpaired) electrons. The molecule has 3 aromatic rings. The summed E-state index contributed by atoms with van der Waals surface area (Å²) in [6.07, 6.45) is 0.0643. The first-order valence-electron chi connectivity index (χ1n) is 11.0. The van der Waals surface area contributed by atoms with Gasteiger partial charge in [0.1, 0.15) is 30.8 Å². The van der Waals surface area contributed by atoms with Crippen molar-refractivity contribution in [2.45, 2.75) is 19.4 Å². The van der Waals surface area contributed by atoms with Crippen molar-refractivity contribution in [3.05, 3.63) is 58.4 Å². The summed E-state index contributed by atoms with van der Waals surface area (Å²) in [4.78, 5) is 14.6. The molecule has 1 atom stereocenters. The molecule has 0 saturated heterocycles. The van der Waals surface area contributed by atoms with E-state index in [9.17, 15) is 9.90 Å². The summed E-state index contributed by atoms with van der Waals surface area (Å²) in [5.74, 6) is 8.04. The number of methoxy groups -OCH3 is 2. The second kappa shape index (κ2) is 12.5. The van der Waals surface area contributed by atoms with Gasteiger partial charge in [-0.05, 0) is 55.8 Å². The zero-order chi connectivity index (χ0) is 24.3. The molecule has 3 rings (SSSR count). The second-order valence-electron chi connectivity index (χ2n) is 7.50. The van der Waals surface area contributed by atoms with Gasteiger partial charge in [0.05, 0.1) is 19.7 Å². The van der Waals surface area contributed by atoms with E-state index in [1.54, 1.807) is 39.3 Å². The van der Waals surface area contributed by atoms with Gasteiger partial charge in [-0.1, -0.05) is 12.0 Å². The van der Waals surface area contributed by atoms with Gasteiger partial charge in [-0.25, -0.2) is 0 Å². The summed E-state index contributed by atoms with van der Waals surface area (Å²) in [5.41, 5.74) is 1.39. The van der Waals surface area contributed by atoms with Crippen molar-refractivity contribution in [3.8, 4) is 34.8 Å². The lowest BCUT2D eigenvalue weighted by molar-refractivity contribution is 0.107. The van der Waals surface area contributed by atoms with Crippen LogP contribution >= 0.6 is 0 Å². The largest absolute Gasteiger partial charge is 0.493 e. The first-order valence-corrected chi connectivity index (χ1v) is 11.0. The molecule has 0 aliphatic rings. The Labute approximate surface area is 198 Å². The highest BCUT2D eigenvalue weighted by atomic mass is 16.5. The Bertz CT molecular complexity index is 1210. The second-order valence-corrected chi connectivity index (χ2v) is 7.50. The molecule has 0 spiro atoms. The highest BCUT2D eigenvalue weighted by molar-refractivity contribution is 5.89. The quantitative estimate of drug-likeness (QED) is 0.278. The number of aromatic amines is 1. The smallest absolute Gasteiger partial charge is 0.248 e. The van der Waals surface area contributed by atoms with Crippen molar-refractivity contribution >= 4 is 10.9 Å². The average Bonchev–Trinajstić information content (AvgIpc) is 2.85. The fourth-order valence-corrected chi connectivity index (χ4v) is 3.41. The lowest BCUT2D eigenvalue weighted by atomic mass is 10.1. The SMILES string of the molecule is CC#CCOc1ccc(OCC(O)CNCCc2ccc(OC)c(OC)c2)c2ccc(=O)[nH]c12. The van der Waals surface area contributed by atoms with E-state index in [1.807, 2.05) is 18.2 Å². The number of hydrogen-bond acceptors (Lipinski definition) is 7. The van der Waals surface area contributed by atoms with Crippen LogP contribution in [0.5, 0.6) is 23.0 Å². The van der Waals surface area contributed by atoms with E-state index in [0.29, 0.717) is 47.0 Å². The number of rotatable bonds is 12. The van der Waals surface area contributed by atoms with Crippen LogP contribution in [0.3, 0.4) is 0 Å². The zero-order valence-electron chi connectivity index (χ0n) is 19.6. The Balaban J connectivity index is 1.53. The number of nitrogens with one attached hydrogen (secondary N) is 2. The van der Waals surface area contributed by atoms with E-state index in [0.717, 1.165) is 12.0 Å². The monoisotopic (exact) mass is 466 g/mol. The Kier molecular flexibility index (Phi) is 9.21. The molecule has 0 aliphatic carbocycles. The van der Waals surface area contributed by atoms with Crippen LogP contribution in [0.1, 0.15) is 12.5 Å². The topological polar surface area (TPSA) is 102 Å². The Morgan fingerprint density at radius 2 is 1.76 bits per heavy atom. The molecule has 1 unspecified atom stereocenters. The number of hydrogen-bond donors (Lipinski definition) is 3. The van der Waals surface area contributed by atoms with Gasteiger partial charge >= 0.3 is 0 Å². The lowest BCUT2D eigenvalue weighted by Crippen LogP contribution is -2.32. The number of benzene rings is 2. The molecule has 0 fully saturated rings. The van der Waals surface area contributed by atoms with Crippen molar-refractivity contribution in [1.29, 1.82) is 0 Å². The van der Waals surface area contributed by atoms with Gasteiger partial charge in [0.25, 0.3) is 0 Å². The standard InChI is InChI=1S/C26H30N2O6/c1-4-5-14-33-23-10-9-21(20-7-11-25(30)28-26(20)23)34-17-19(29)16-27-13-12-18-6-8-22(31-2)24(15-18)32-3/h6-11,15,19,27,29H,12-14,16-17H2,1-3H3,(H,28,30). The number of aromatic nitrogens is 1. The van der Waals surface area contributed by atoms with E-state index in [-0.39, 0.29) is 18.8 Å². The Morgan fingerprint density at radius 3 is 2.53 bits per heavy atom. The Hall–Kier alpha value is -3.67. The van der Waals surface area contributed by atoms with Crippen molar-refractivity contribution in [3.63, 3.8) is 0 Å². The molecule has 1 aromatic heterocycles. The maximum absolute atomic E-state index is 11.8. The molecule has 2 aromatic carbocycles. The fraction of sp³-hybridized carbons (Fsp3) is 0.346. The zero-order valence-corrected chi connectivity index (χ0v) is 19.6. The predicted octanol–water partition coefficient (Wildman–Crippen LogP) is 2.52. The van der Waals surface area contributed by atoms with E-state index < -0.39 is 6.10 Å². The Morgan fingerprint density at radius 1 is 1.00 bits per heavy atom. The highest BCUT2D eigenvalue weighted by Gasteiger charge is 2.12. The van der Waals surface area contributed by atoms with Gasteiger partial charge in [0.2, 0.25) is 5.56 Å². The van der Waals surface area contributed by atoms with Gasteiger partial charge in [-0.3, -0.25) is 4.79 Å². The van der Waals surface area contributed by atoms with Crippen LogP contribution < -0.4 is 29.8 Å². The van der Waals surface area contributed by atoms with Crippen molar-refractivity contribution in [1.82, 2.24) is 10.3 Å². The summed E-state index contributed by atoms with van der Waals surface area (Å²) >= 11 is 0. The molecule has 34 heavy (non-hydrogen) atoms. The maximum Gasteiger partial charge on any atom is 0.248 e. The van der Waals surface area contributed by atoms with Crippen LogP contribution in [-0.2, 0) is 6.42 Å². The third-order valence-electron chi connectivity index (χ3n) is 5.14. The van der Waals surface area contributed by atoms with Crippen LogP contribution in [0.25, 0.3) is 10.9 Å². The lowest BCUT2D eigenvalue weighted by Gasteiger charge is -2.16. The maximum atomic E-state index is 11.8. The number of aliphatic hydroxyl groups excluding tert-OH is 1. The van der Waals surface area contributed by atoms with Crippen LogP contribution in [0, 0.1) is 11.8 Å². The number of H-pyrrole nitrogens is 1. The molecule has 180 valence electrons. The first-order chi connectivity index (χ1) is 16.5. The molecule has 8 heteroatoms. The first kappa shape index (κ1) is 25.0. The van der Waals surface area contributed by atoms with Gasteiger partial charge in [-0.15, -0.1) is 5.92 Å². The predicted molar refractivity (Wildman–Crippen MR) is 131 cm³/mol. The average molecular weight is 467 g/mol. The number of pyridine rings is 1. The van der Waals surface area contributed by atoms with E-state index in [1.165, 1.54) is 6.07 Å². The summed E-state index contributed by atoms with van der Waals surface area (Å²) in [5, 5.41) is 14.3. The minimum absolute atomic E-state index is 0.0963. The molecule has 0 aliphatic heterocycles. The van der Waals surface area contributed by atoms with Crippen LogP contribution in [0.4, 0.5) is 0 Å². The number of ether oxygens (including phenoxy) is 4. The summed E-state index contributed by atoms with van der Waals surface area (Å²) in [6.45, 7) is 3.11. The third kappa shape index (κ3) is 6.67. The van der Waals surface area contributed by atoms with Crippen LogP contribution in [-0.4, -0.2) is 56.7 Å². The van der Waals surface area contributed by atoms with E-state index in [2.05, 4.69) is 22.1 Å². The summed E-state index contributed by atoms with van der Waals surface area (Å²) < 4.78 is 22.1. The molecule has 1 heterocycles. The molecule has 0 amide bonds. The van der Waals surface area contributed by atoms with Crippen LogP contribution in [0.2, 0.25) is 0 Å². The normalized spacial score (nSPS) is 11.4. The minimum Gasteiger partial charge on any atom is -0.493 e. The van der Waals surface area contributed by atoms with Crippen molar-refractivity contribution < 1.29 is 24.1 Å². The van der Waals surface area contributed by atoms with E-state index >= 15 is 0 Å². The molecule has 0 saturated carbocycles. The fourth-order valence-electron chi connectivity index (χ4n) is 3.41. The molecule has 3 N–H and O–H groups in total. The van der Waals surface area contributed by atoms with E-state index in [4.69, 9.17) is 18.9 Å². The molecule has 0 bridgehead atoms. The van der Waals surface area contributed by atoms with Crippen molar-refractivity contribution in [2.24, 2.45) is 0 Å². The molecular formula is C26H30N2O6. The van der Waals surface area contributed by atoms with Crippen molar-refractivity contribution in [2.75, 3.05) is 40.5 Å². The third-order valence-corrected chi connectivity index (χ3v) is 5.14. The summed E-state index contributed by atoms with van der Waals surface area (Å²) in [6, 6.07) is 12.4. The van der Waals surface area contributed by atoms with Crippen LogP contribution in [0.15, 0.2) is 47.3 Å². The molecule has 8 nitrogen and oxygen atoms in total. The number of aliphatic hydroxyl groups is 1. The number of fused-ring (bicyclic) bond motifs is 1. The highest BCUT2D eigenvalue weighted by Crippen LogP contribution is 2.31. The van der Waals surface area contributed by atoms with Gasteiger partial charge in [0.15, 0.2) is 11.5 Å². The molecular weight excluding hydrogens is 436 g/mol. The minimum atomic E-state index is -0.709. The van der Waals surface area contributed by atoms with Gasteiger partial charge < -0.3 is 34.4 Å². The van der Waals surface area contributed by atoms with Gasteiger partial charge in [0, 0.05) is 18.0 Å². The van der Waals surface area contributed by atoms with Gasteiger partial charge in [-0.2, -0.15) is 0 Å². The summed E-state index contributed by atoms with van der Waals surface area (Å²) in [7, 11) is 3.22.